The summed E-state index contributed by atoms with van der Waals surface area (Å²) in [6.07, 6.45) is 2.23. The Morgan fingerprint density at radius 2 is 1.62 bits per heavy atom. The number of rotatable bonds is 9. The van der Waals surface area contributed by atoms with E-state index in [4.69, 9.17) is 4.74 Å². The van der Waals surface area contributed by atoms with Gasteiger partial charge in [0.2, 0.25) is 17.7 Å². The number of carbonyl (C=O) groups is 4. The Balaban J connectivity index is 1.44. The average molecular weight is 684 g/mol. The van der Waals surface area contributed by atoms with E-state index in [1.807, 2.05) is 42.5 Å². The lowest BCUT2D eigenvalue weighted by Gasteiger charge is -2.39. The Morgan fingerprint density at radius 3 is 2.28 bits per heavy atom. The van der Waals surface area contributed by atoms with Crippen molar-refractivity contribution < 1.29 is 28.8 Å². The lowest BCUT2D eigenvalue weighted by Crippen LogP contribution is -2.60. The largest absolute Gasteiger partial charge is 0.444 e. The number of nitrogens with one attached hydrogen (secondary N) is 2. The second-order valence-corrected chi connectivity index (χ2v) is 14.1. The van der Waals surface area contributed by atoms with Crippen molar-refractivity contribution in [3.8, 4) is 0 Å². The van der Waals surface area contributed by atoms with E-state index in [0.29, 0.717) is 5.56 Å². The quantitative estimate of drug-likeness (QED) is 0.237. The molecule has 0 saturated carbocycles. The van der Waals surface area contributed by atoms with Crippen LogP contribution in [0.2, 0.25) is 0 Å². The minimum atomic E-state index is -1.16. The standard InChI is InChI=1S/C38H45N5O7/c1-24(41(5)37(47)50-38(2,3)4)34(44)40-32(21-25-17-19-29(20-18-25)43(48)49)36(46)42-23-28-13-7-6-12-27(28)22-33(42)35(45)39-31-16-10-14-26-11-8-9-15-30(26)31/h6-9,11-13,15,17-20,24,31-33H,10,14,16,21-23H2,1-5H3,(H,39,45)(H,40,44)/t24?,31-,32?,33?/m1/s1. The van der Waals surface area contributed by atoms with Crippen LogP contribution in [0.15, 0.2) is 72.8 Å². The van der Waals surface area contributed by atoms with E-state index in [1.165, 1.54) is 48.7 Å². The highest BCUT2D eigenvalue weighted by Gasteiger charge is 2.40. The smallest absolute Gasteiger partial charge is 0.410 e. The van der Waals surface area contributed by atoms with Crippen LogP contribution in [0.4, 0.5) is 10.5 Å². The summed E-state index contributed by atoms with van der Waals surface area (Å²) in [4.78, 5) is 68.7. The van der Waals surface area contributed by atoms with Crippen LogP contribution in [0.5, 0.6) is 0 Å². The molecular weight excluding hydrogens is 638 g/mol. The summed E-state index contributed by atoms with van der Waals surface area (Å²) < 4.78 is 5.43. The van der Waals surface area contributed by atoms with E-state index in [0.717, 1.165) is 40.9 Å². The van der Waals surface area contributed by atoms with Gasteiger partial charge in [-0.1, -0.05) is 60.7 Å². The number of ether oxygens (including phenoxy) is 1. The van der Waals surface area contributed by atoms with E-state index >= 15 is 0 Å². The number of likely N-dealkylation sites (N-methyl/N-ethyl adjacent to an activating group) is 1. The SMILES string of the molecule is CC(C(=O)NC(Cc1ccc([N+](=O)[O-])cc1)C(=O)N1Cc2ccccc2CC1C(=O)N[C@@H]1CCCc2ccccc21)N(C)C(=O)OC(C)(C)C. The number of hydrogen-bond acceptors (Lipinski definition) is 7. The van der Waals surface area contributed by atoms with Gasteiger partial charge in [-0.05, 0) is 74.8 Å². The number of benzene rings is 3. The molecule has 12 nitrogen and oxygen atoms in total. The summed E-state index contributed by atoms with van der Waals surface area (Å²) in [5.74, 6) is -1.37. The van der Waals surface area contributed by atoms with Crippen LogP contribution in [0, 0.1) is 10.1 Å². The number of nitro groups is 1. The van der Waals surface area contributed by atoms with E-state index in [-0.39, 0.29) is 37.0 Å². The minimum Gasteiger partial charge on any atom is -0.444 e. The maximum absolute atomic E-state index is 14.7. The number of fused-ring (bicyclic) bond motifs is 2. The monoisotopic (exact) mass is 683 g/mol. The molecule has 0 spiro atoms. The number of nitro benzene ring substituents is 1. The maximum atomic E-state index is 14.7. The molecule has 264 valence electrons. The molecular formula is C38H45N5O7. The molecule has 2 aliphatic rings. The van der Waals surface area contributed by atoms with Crippen LogP contribution in [-0.4, -0.2) is 69.3 Å². The molecule has 1 aliphatic heterocycles. The fraction of sp³-hybridized carbons (Fsp3) is 0.421. The highest BCUT2D eigenvalue weighted by atomic mass is 16.6. The molecule has 0 radical (unpaired) electrons. The van der Waals surface area contributed by atoms with Gasteiger partial charge in [-0.2, -0.15) is 0 Å². The van der Waals surface area contributed by atoms with Gasteiger partial charge in [0.1, 0.15) is 23.7 Å². The van der Waals surface area contributed by atoms with Crippen LogP contribution in [0.25, 0.3) is 0 Å². The first-order valence-electron chi connectivity index (χ1n) is 17.0. The van der Waals surface area contributed by atoms with Crippen molar-refractivity contribution in [3.05, 3.63) is 111 Å². The first-order chi connectivity index (χ1) is 23.7. The highest BCUT2D eigenvalue weighted by Crippen LogP contribution is 2.31. The molecule has 50 heavy (non-hydrogen) atoms. The van der Waals surface area contributed by atoms with E-state index in [1.54, 1.807) is 20.8 Å². The molecule has 2 N–H and O–H groups in total. The molecule has 0 saturated heterocycles. The molecule has 0 bridgehead atoms. The van der Waals surface area contributed by atoms with Gasteiger partial charge in [0.15, 0.2) is 0 Å². The van der Waals surface area contributed by atoms with Crippen molar-refractivity contribution in [2.45, 2.75) is 96.1 Å². The zero-order valence-corrected chi connectivity index (χ0v) is 29.2. The van der Waals surface area contributed by atoms with Crippen molar-refractivity contribution in [1.29, 1.82) is 0 Å². The Morgan fingerprint density at radius 1 is 0.980 bits per heavy atom. The minimum absolute atomic E-state index is 0.00603. The third-order valence-electron chi connectivity index (χ3n) is 9.36. The fourth-order valence-electron chi connectivity index (χ4n) is 6.51. The van der Waals surface area contributed by atoms with Crippen molar-refractivity contribution in [2.24, 2.45) is 0 Å². The predicted molar refractivity (Wildman–Crippen MR) is 187 cm³/mol. The topological polar surface area (TPSA) is 151 Å². The first kappa shape index (κ1) is 36.0. The van der Waals surface area contributed by atoms with Crippen molar-refractivity contribution in [2.75, 3.05) is 7.05 Å². The molecule has 0 fully saturated rings. The normalized spacial score (nSPS) is 18.1. The van der Waals surface area contributed by atoms with E-state index in [2.05, 4.69) is 16.7 Å². The van der Waals surface area contributed by atoms with Crippen molar-refractivity contribution in [1.82, 2.24) is 20.4 Å². The second kappa shape index (κ2) is 15.1. The maximum Gasteiger partial charge on any atom is 0.410 e. The van der Waals surface area contributed by atoms with Gasteiger partial charge in [-0.15, -0.1) is 0 Å². The van der Waals surface area contributed by atoms with Crippen molar-refractivity contribution >= 4 is 29.5 Å². The molecule has 0 aromatic heterocycles. The Bertz CT molecular complexity index is 1750. The molecule has 1 aliphatic carbocycles. The molecule has 1 heterocycles. The zero-order chi connectivity index (χ0) is 36.2. The van der Waals surface area contributed by atoms with Gasteiger partial charge in [0, 0.05) is 38.6 Å². The number of hydrogen-bond donors (Lipinski definition) is 2. The number of non-ortho nitro benzene ring substituents is 1. The molecule has 3 aromatic rings. The summed E-state index contributed by atoms with van der Waals surface area (Å²) in [5, 5.41) is 17.4. The molecule has 4 atom stereocenters. The fourth-order valence-corrected chi connectivity index (χ4v) is 6.51. The number of aryl methyl sites for hydroxylation is 1. The van der Waals surface area contributed by atoms with Crippen LogP contribution in [-0.2, 0) is 44.9 Å². The third kappa shape index (κ3) is 8.47. The van der Waals surface area contributed by atoms with E-state index in [9.17, 15) is 29.3 Å². The predicted octanol–water partition coefficient (Wildman–Crippen LogP) is 5.02. The van der Waals surface area contributed by atoms with Crippen LogP contribution < -0.4 is 10.6 Å². The van der Waals surface area contributed by atoms with Gasteiger partial charge in [-0.25, -0.2) is 4.79 Å². The van der Waals surface area contributed by atoms with Gasteiger partial charge >= 0.3 is 6.09 Å². The van der Waals surface area contributed by atoms with Gasteiger partial charge in [-0.3, -0.25) is 29.4 Å². The molecule has 12 heteroatoms. The molecule has 3 unspecified atom stereocenters. The van der Waals surface area contributed by atoms with Crippen LogP contribution >= 0.6 is 0 Å². The summed E-state index contributed by atoms with van der Waals surface area (Å²) in [7, 11) is 1.44. The summed E-state index contributed by atoms with van der Waals surface area (Å²) in [6.45, 7) is 6.84. The number of carbonyl (C=O) groups excluding carboxylic acids is 4. The number of nitrogens with zero attached hydrogens (tertiary/aromatic N) is 3. The molecule has 5 rings (SSSR count). The number of amides is 4. The lowest BCUT2D eigenvalue weighted by molar-refractivity contribution is -0.384. The Kier molecular flexibility index (Phi) is 10.9. The average Bonchev–Trinajstić information content (AvgIpc) is 3.09. The van der Waals surface area contributed by atoms with Gasteiger partial charge < -0.3 is 20.3 Å². The Labute approximate surface area is 292 Å². The van der Waals surface area contributed by atoms with Crippen LogP contribution in [0.1, 0.15) is 74.4 Å². The van der Waals surface area contributed by atoms with Crippen molar-refractivity contribution in [3.63, 3.8) is 0 Å². The summed E-state index contributed by atoms with van der Waals surface area (Å²) in [6, 6.07) is 18.3. The third-order valence-corrected chi connectivity index (χ3v) is 9.36. The van der Waals surface area contributed by atoms with Gasteiger partial charge in [0.25, 0.3) is 5.69 Å². The van der Waals surface area contributed by atoms with Crippen LogP contribution in [0.3, 0.4) is 0 Å². The lowest BCUT2D eigenvalue weighted by atomic mass is 9.87. The van der Waals surface area contributed by atoms with E-state index < -0.39 is 46.6 Å². The van der Waals surface area contributed by atoms with Gasteiger partial charge in [0.05, 0.1) is 11.0 Å². The summed E-state index contributed by atoms with van der Waals surface area (Å²) in [5.41, 5.74) is 3.81. The first-order valence-corrected chi connectivity index (χ1v) is 17.0. The molecule has 4 amide bonds. The summed E-state index contributed by atoms with van der Waals surface area (Å²) >= 11 is 0. The second-order valence-electron chi connectivity index (χ2n) is 14.1. The molecule has 3 aromatic carbocycles. The highest BCUT2D eigenvalue weighted by molar-refractivity contribution is 5.94. The zero-order valence-electron chi connectivity index (χ0n) is 29.2. The Hall–Kier alpha value is -5.26.